The van der Waals surface area contributed by atoms with Gasteiger partial charge in [-0.05, 0) is 37.6 Å². The third kappa shape index (κ3) is 5.93. The molecule has 1 aliphatic heterocycles. The molecule has 2 aromatic rings. The largest absolute Gasteiger partial charge is 0.476 e. The van der Waals surface area contributed by atoms with Gasteiger partial charge in [-0.25, -0.2) is 9.48 Å². The van der Waals surface area contributed by atoms with Crippen molar-refractivity contribution < 1.29 is 17.9 Å². The zero-order valence-electron chi connectivity index (χ0n) is 16.2. The molecule has 0 spiro atoms. The summed E-state index contributed by atoms with van der Waals surface area (Å²) < 4.78 is 45.2. The van der Waals surface area contributed by atoms with Crippen LogP contribution in [-0.2, 0) is 13.2 Å². The van der Waals surface area contributed by atoms with E-state index in [1.807, 2.05) is 4.90 Å². The zero-order chi connectivity index (χ0) is 20.9. The van der Waals surface area contributed by atoms with Crippen LogP contribution in [0.5, 0.6) is 5.88 Å². The first-order valence-corrected chi connectivity index (χ1v) is 9.50. The number of alkyl halides is 3. The topological polar surface area (TPSA) is 63.5 Å². The van der Waals surface area contributed by atoms with Crippen LogP contribution in [0.1, 0.15) is 18.4 Å². The highest BCUT2D eigenvalue weighted by molar-refractivity contribution is 5.49. The Morgan fingerprint density at radius 1 is 1.14 bits per heavy atom. The van der Waals surface area contributed by atoms with Crippen LogP contribution in [0, 0.1) is 0 Å². The van der Waals surface area contributed by atoms with Crippen LogP contribution in [-0.4, -0.2) is 59.0 Å². The highest BCUT2D eigenvalue weighted by atomic mass is 19.4. The summed E-state index contributed by atoms with van der Waals surface area (Å²) in [5.74, 6) is 0.225. The molecule has 0 atom stereocenters. The van der Waals surface area contributed by atoms with E-state index in [2.05, 4.69) is 15.0 Å². The van der Waals surface area contributed by atoms with Crippen molar-refractivity contribution in [2.45, 2.75) is 19.0 Å². The van der Waals surface area contributed by atoms with Gasteiger partial charge >= 0.3 is 11.9 Å². The van der Waals surface area contributed by atoms with Gasteiger partial charge in [-0.1, -0.05) is 6.07 Å². The molecule has 0 amide bonds. The monoisotopic (exact) mass is 411 g/mol. The molecule has 0 radical (unpaired) electrons. The van der Waals surface area contributed by atoms with E-state index >= 15 is 0 Å². The number of aromatic nitrogens is 3. The fourth-order valence-electron chi connectivity index (χ4n) is 3.17. The van der Waals surface area contributed by atoms with Gasteiger partial charge in [0.05, 0.1) is 12.2 Å². The summed E-state index contributed by atoms with van der Waals surface area (Å²) >= 11 is 0. The van der Waals surface area contributed by atoms with E-state index in [1.165, 1.54) is 25.4 Å². The molecule has 0 bridgehead atoms. The maximum atomic E-state index is 12.9. The molecule has 29 heavy (non-hydrogen) atoms. The van der Waals surface area contributed by atoms with Gasteiger partial charge in [0.25, 0.3) is 0 Å². The summed E-state index contributed by atoms with van der Waals surface area (Å²) in [4.78, 5) is 19.4. The molecule has 0 unspecified atom stereocenters. The second kappa shape index (κ2) is 9.25. The van der Waals surface area contributed by atoms with Crippen LogP contribution in [0.15, 0.2) is 35.3 Å². The van der Waals surface area contributed by atoms with E-state index < -0.39 is 17.4 Å². The lowest BCUT2D eigenvalue weighted by molar-refractivity contribution is -0.137. The van der Waals surface area contributed by atoms with Gasteiger partial charge in [0, 0.05) is 38.9 Å². The van der Waals surface area contributed by atoms with Crippen molar-refractivity contribution in [3.8, 4) is 5.88 Å². The maximum Gasteiger partial charge on any atom is 0.416 e. The summed E-state index contributed by atoms with van der Waals surface area (Å²) in [5.41, 5.74) is -0.456. The predicted molar refractivity (Wildman–Crippen MR) is 102 cm³/mol. The molecular formula is C19H24F3N5O2. The smallest absolute Gasteiger partial charge is 0.416 e. The Bertz CT molecular complexity index is 863. The van der Waals surface area contributed by atoms with Crippen LogP contribution in [0.2, 0.25) is 0 Å². The molecule has 2 heterocycles. The average molecular weight is 411 g/mol. The zero-order valence-corrected chi connectivity index (χ0v) is 16.2. The van der Waals surface area contributed by atoms with Crippen molar-refractivity contribution in [2.24, 2.45) is 7.05 Å². The van der Waals surface area contributed by atoms with Gasteiger partial charge in [0.15, 0.2) is 0 Å². The first-order chi connectivity index (χ1) is 13.8. The number of benzene rings is 1. The van der Waals surface area contributed by atoms with Crippen molar-refractivity contribution in [3.05, 3.63) is 46.5 Å². The number of aryl methyl sites for hydroxylation is 1. The molecule has 1 aromatic carbocycles. The molecule has 0 aliphatic carbocycles. The van der Waals surface area contributed by atoms with Gasteiger partial charge in [-0.2, -0.15) is 23.3 Å². The summed E-state index contributed by atoms with van der Waals surface area (Å²) in [6.45, 7) is 4.34. The second-order valence-electron chi connectivity index (χ2n) is 6.93. The number of ether oxygens (including phenoxy) is 1. The Morgan fingerprint density at radius 2 is 1.90 bits per heavy atom. The van der Waals surface area contributed by atoms with E-state index in [1.54, 1.807) is 6.07 Å². The van der Waals surface area contributed by atoms with Gasteiger partial charge in [-0.15, -0.1) is 0 Å². The first kappa shape index (κ1) is 21.1. The van der Waals surface area contributed by atoms with Gasteiger partial charge in [0.1, 0.15) is 6.20 Å². The van der Waals surface area contributed by atoms with Crippen molar-refractivity contribution in [1.29, 1.82) is 0 Å². The van der Waals surface area contributed by atoms with E-state index in [9.17, 15) is 18.0 Å². The normalized spacial score (nSPS) is 15.5. The molecule has 10 heteroatoms. The third-order valence-electron chi connectivity index (χ3n) is 4.85. The van der Waals surface area contributed by atoms with Crippen molar-refractivity contribution in [2.75, 3.05) is 44.2 Å². The number of piperazine rings is 1. The van der Waals surface area contributed by atoms with Crippen molar-refractivity contribution in [1.82, 2.24) is 19.7 Å². The Balaban J connectivity index is 1.37. The number of hydrogen-bond donors (Lipinski definition) is 0. The maximum absolute atomic E-state index is 12.9. The number of nitrogens with zero attached hydrogens (tertiary/aromatic N) is 5. The fraction of sp³-hybridized carbons (Fsp3) is 0.526. The average Bonchev–Trinajstić information content (AvgIpc) is 2.70. The van der Waals surface area contributed by atoms with E-state index in [4.69, 9.17) is 4.74 Å². The van der Waals surface area contributed by atoms with Crippen LogP contribution in [0.4, 0.5) is 18.9 Å². The molecule has 1 aliphatic rings. The molecular weight excluding hydrogens is 387 g/mol. The van der Waals surface area contributed by atoms with Crippen LogP contribution in [0.25, 0.3) is 0 Å². The minimum atomic E-state index is -4.32. The summed E-state index contributed by atoms with van der Waals surface area (Å²) in [6.07, 6.45) is -1.18. The lowest BCUT2D eigenvalue weighted by Crippen LogP contribution is -2.46. The molecule has 3 rings (SSSR count). The lowest BCUT2D eigenvalue weighted by Gasteiger charge is -2.36. The highest BCUT2D eigenvalue weighted by Crippen LogP contribution is 2.31. The Hall–Kier alpha value is -2.62. The predicted octanol–water partition coefficient (Wildman–Crippen LogP) is 2.18. The number of unbranched alkanes of at least 4 members (excludes halogenated alkanes) is 1. The van der Waals surface area contributed by atoms with Crippen LogP contribution < -0.4 is 15.3 Å². The molecule has 158 valence electrons. The minimum Gasteiger partial charge on any atom is -0.476 e. The van der Waals surface area contributed by atoms with Crippen LogP contribution >= 0.6 is 0 Å². The van der Waals surface area contributed by atoms with Crippen molar-refractivity contribution >= 4 is 5.69 Å². The lowest BCUT2D eigenvalue weighted by atomic mass is 10.1. The van der Waals surface area contributed by atoms with E-state index in [-0.39, 0.29) is 5.88 Å². The Morgan fingerprint density at radius 3 is 2.59 bits per heavy atom. The Kier molecular flexibility index (Phi) is 6.73. The van der Waals surface area contributed by atoms with Gasteiger partial charge in [0.2, 0.25) is 5.88 Å². The summed E-state index contributed by atoms with van der Waals surface area (Å²) in [6, 6.07) is 5.49. The number of hydrogen-bond acceptors (Lipinski definition) is 6. The minimum absolute atomic E-state index is 0.225. The SMILES string of the molecule is Cn1ncc(OCCCCN2CCN(c3cccc(C(F)(F)F)c3)CC2)nc1=O. The first-order valence-electron chi connectivity index (χ1n) is 9.50. The highest BCUT2D eigenvalue weighted by Gasteiger charge is 2.31. The van der Waals surface area contributed by atoms with E-state index in [0.29, 0.717) is 25.4 Å². The molecule has 1 saturated heterocycles. The van der Waals surface area contributed by atoms with Crippen molar-refractivity contribution in [3.63, 3.8) is 0 Å². The quantitative estimate of drug-likeness (QED) is 0.651. The van der Waals surface area contributed by atoms with Crippen LogP contribution in [0.3, 0.4) is 0 Å². The molecule has 0 saturated carbocycles. The molecule has 1 aromatic heterocycles. The Labute approximate surface area is 166 Å². The standard InChI is InChI=1S/C19H24F3N5O2/c1-25-18(28)24-17(14-23-25)29-12-3-2-7-26-8-10-27(11-9-26)16-6-4-5-15(13-16)19(20,21)22/h4-6,13-14H,2-3,7-12H2,1H3. The molecule has 0 N–H and O–H groups in total. The van der Waals surface area contributed by atoms with E-state index in [0.717, 1.165) is 43.2 Å². The fourth-order valence-corrected chi connectivity index (χ4v) is 3.17. The number of rotatable bonds is 7. The van der Waals surface area contributed by atoms with Gasteiger partial charge < -0.3 is 9.64 Å². The number of halogens is 3. The molecule has 1 fully saturated rings. The molecule has 7 nitrogen and oxygen atoms in total. The third-order valence-corrected chi connectivity index (χ3v) is 4.85. The summed E-state index contributed by atoms with van der Waals surface area (Å²) in [5, 5.41) is 3.84. The second-order valence-corrected chi connectivity index (χ2v) is 6.93. The number of anilines is 1. The van der Waals surface area contributed by atoms with Gasteiger partial charge in [-0.3, -0.25) is 4.90 Å². The summed E-state index contributed by atoms with van der Waals surface area (Å²) in [7, 11) is 1.52.